The second-order valence-electron chi connectivity index (χ2n) is 4.50. The van der Waals surface area contributed by atoms with Gasteiger partial charge in [-0.1, -0.05) is 26.9 Å². The van der Waals surface area contributed by atoms with Gasteiger partial charge in [-0.25, -0.2) is 4.79 Å². The van der Waals surface area contributed by atoms with Crippen LogP contribution in [0.1, 0.15) is 13.3 Å². The van der Waals surface area contributed by atoms with Crippen LogP contribution >= 0.6 is 0 Å². The highest BCUT2D eigenvalue weighted by Gasteiger charge is 2.34. The summed E-state index contributed by atoms with van der Waals surface area (Å²) in [6.07, 6.45) is 2.63. The first-order valence-corrected chi connectivity index (χ1v) is 5.38. The Morgan fingerprint density at radius 1 is 1.67 bits per heavy atom. The third-order valence-corrected chi connectivity index (χ3v) is 3.21. The van der Waals surface area contributed by atoms with E-state index < -0.39 is 0 Å². The number of rotatable bonds is 3. The van der Waals surface area contributed by atoms with Gasteiger partial charge >= 0.3 is 6.03 Å². The molecule has 1 N–H and O–H groups in total. The summed E-state index contributed by atoms with van der Waals surface area (Å²) in [7, 11) is 1.11. The first-order chi connectivity index (χ1) is 7.00. The zero-order valence-electron chi connectivity index (χ0n) is 9.68. The van der Waals surface area contributed by atoms with E-state index in [1.165, 1.54) is 0 Å². The molecule has 0 aromatic carbocycles. The Labute approximate surface area is 92.5 Å². The molecule has 4 heteroatoms. The summed E-state index contributed by atoms with van der Waals surface area (Å²) in [6, 6.07) is -0.0583. The maximum absolute atomic E-state index is 11.7. The number of hydrogen-bond donors (Lipinski definition) is 1. The van der Waals surface area contributed by atoms with Crippen LogP contribution in [0.25, 0.3) is 0 Å². The quantitative estimate of drug-likeness (QED) is 0.553. The number of amides is 2. The summed E-state index contributed by atoms with van der Waals surface area (Å²) in [5, 5.41) is 2.99. The average molecular weight is 206 g/mol. The number of hydrogen-bond acceptors (Lipinski definition) is 1. The zero-order chi connectivity index (χ0) is 11.5. The van der Waals surface area contributed by atoms with Crippen molar-refractivity contribution >= 4 is 13.3 Å². The molecule has 0 radical (unpaired) electrons. The molecule has 2 amide bonds. The smallest absolute Gasteiger partial charge is 0.321 e. The number of allylic oxidation sites excluding steroid dienone is 1. The summed E-state index contributed by atoms with van der Waals surface area (Å²) >= 11 is 0. The molecule has 0 saturated carbocycles. The number of carbonyl (C=O) groups excluding carboxylic acids is 1. The van der Waals surface area contributed by atoms with Crippen LogP contribution in [0.3, 0.4) is 0 Å². The Hall–Kier alpha value is -1.19. The lowest BCUT2D eigenvalue weighted by Gasteiger charge is -2.22. The molecule has 1 unspecified atom stereocenters. The van der Waals surface area contributed by atoms with Crippen LogP contribution in [-0.4, -0.2) is 31.3 Å². The van der Waals surface area contributed by atoms with Gasteiger partial charge in [0.25, 0.3) is 0 Å². The number of carbonyl (C=O) groups is 1. The van der Waals surface area contributed by atoms with Gasteiger partial charge in [0.15, 0.2) is 0 Å². The number of likely N-dealkylation sites (tertiary alicyclic amines) is 1. The van der Waals surface area contributed by atoms with E-state index >= 15 is 0 Å². The maximum Gasteiger partial charge on any atom is 0.321 e. The number of urea groups is 1. The monoisotopic (exact) mass is 206 g/mol. The van der Waals surface area contributed by atoms with Crippen molar-refractivity contribution in [3.8, 4) is 0 Å². The predicted molar refractivity (Wildman–Crippen MR) is 65.4 cm³/mol. The van der Waals surface area contributed by atoms with Gasteiger partial charge in [-0.3, -0.25) is 0 Å². The van der Waals surface area contributed by atoms with E-state index in [-0.39, 0.29) is 11.3 Å². The van der Waals surface area contributed by atoms with Crippen LogP contribution in [-0.2, 0) is 0 Å². The second kappa shape index (κ2) is 4.56. The van der Waals surface area contributed by atoms with Crippen molar-refractivity contribution < 1.29 is 4.79 Å². The first-order valence-electron chi connectivity index (χ1n) is 5.38. The summed E-state index contributed by atoms with van der Waals surface area (Å²) < 4.78 is 0. The minimum absolute atomic E-state index is 0.0583. The van der Waals surface area contributed by atoms with Gasteiger partial charge in [0.1, 0.15) is 7.28 Å². The van der Waals surface area contributed by atoms with E-state index in [0.717, 1.165) is 26.8 Å². The highest BCUT2D eigenvalue weighted by Crippen LogP contribution is 2.35. The van der Waals surface area contributed by atoms with E-state index in [1.54, 1.807) is 6.08 Å². The van der Waals surface area contributed by atoms with Crippen molar-refractivity contribution in [2.45, 2.75) is 25.5 Å². The van der Waals surface area contributed by atoms with Crippen LogP contribution in [0.4, 0.5) is 4.79 Å². The average Bonchev–Trinajstić information content (AvgIpc) is 2.62. The lowest BCUT2D eigenvalue weighted by Crippen LogP contribution is -2.38. The molecule has 0 aliphatic carbocycles. The highest BCUT2D eigenvalue weighted by molar-refractivity contribution is 6.38. The lowest BCUT2D eigenvalue weighted by molar-refractivity contribution is 0.211. The number of nitrogens with zero attached hydrogens (tertiary/aromatic N) is 1. The Morgan fingerprint density at radius 3 is 2.80 bits per heavy atom. The normalized spacial score (nSPS) is 24.8. The van der Waals surface area contributed by atoms with E-state index in [9.17, 15) is 4.79 Å². The molecule has 1 rings (SSSR count). The molecule has 0 spiro atoms. The third kappa shape index (κ3) is 2.88. The Kier molecular flexibility index (Phi) is 3.61. The minimum Gasteiger partial charge on any atom is -0.325 e. The van der Waals surface area contributed by atoms with Crippen molar-refractivity contribution in [1.29, 1.82) is 0 Å². The summed E-state index contributed by atoms with van der Waals surface area (Å²) in [6.45, 7) is 13.3. The van der Waals surface area contributed by atoms with E-state index in [2.05, 4.69) is 32.2 Å². The van der Waals surface area contributed by atoms with Gasteiger partial charge in [-0.2, -0.15) is 0 Å². The van der Waals surface area contributed by atoms with E-state index in [0.29, 0.717) is 5.70 Å². The molecule has 0 aromatic heterocycles. The summed E-state index contributed by atoms with van der Waals surface area (Å²) in [5.74, 6) is 0. The van der Waals surface area contributed by atoms with Gasteiger partial charge in [-0.05, 0) is 17.8 Å². The molecule has 1 aliphatic heterocycles. The number of nitrogens with one attached hydrogen (secondary N) is 1. The first kappa shape index (κ1) is 11.9. The lowest BCUT2D eigenvalue weighted by atomic mass is 9.54. The van der Waals surface area contributed by atoms with Gasteiger partial charge in [0, 0.05) is 18.8 Å². The van der Waals surface area contributed by atoms with Gasteiger partial charge in [-0.15, -0.1) is 0 Å². The molecular weight excluding hydrogens is 187 g/mol. The summed E-state index contributed by atoms with van der Waals surface area (Å²) in [5.41, 5.74) is 0.560. The molecule has 1 fully saturated rings. The SMILES string of the molecule is C=CC(=C)NC(=O)N1CCC(C)(BC)C1. The van der Waals surface area contributed by atoms with E-state index in [1.807, 2.05) is 4.90 Å². The standard InChI is InChI=1S/C11H19BN2O/c1-5-9(2)13-10(15)14-7-6-11(3,8-14)12-4/h5,12H,1-2,6-8H2,3-4H3,(H,13,15). The molecule has 0 aromatic rings. The molecule has 1 aliphatic rings. The molecule has 0 bridgehead atoms. The molecule has 1 heterocycles. The van der Waals surface area contributed by atoms with Gasteiger partial charge in [0.2, 0.25) is 0 Å². The van der Waals surface area contributed by atoms with Gasteiger partial charge < -0.3 is 10.2 Å². The fourth-order valence-electron chi connectivity index (χ4n) is 1.75. The van der Waals surface area contributed by atoms with Crippen LogP contribution in [0.2, 0.25) is 12.1 Å². The Morgan fingerprint density at radius 2 is 2.33 bits per heavy atom. The van der Waals surface area contributed by atoms with Crippen molar-refractivity contribution in [3.05, 3.63) is 24.9 Å². The van der Waals surface area contributed by atoms with Crippen molar-refractivity contribution in [2.24, 2.45) is 0 Å². The predicted octanol–water partition coefficient (Wildman–Crippen LogP) is 1.76. The topological polar surface area (TPSA) is 32.3 Å². The maximum atomic E-state index is 11.7. The van der Waals surface area contributed by atoms with Crippen LogP contribution in [0.15, 0.2) is 24.9 Å². The van der Waals surface area contributed by atoms with Crippen molar-refractivity contribution in [3.63, 3.8) is 0 Å². The molecule has 1 atom stereocenters. The Bertz CT molecular complexity index is 290. The minimum atomic E-state index is -0.0583. The molecule has 1 saturated heterocycles. The van der Waals surface area contributed by atoms with E-state index in [4.69, 9.17) is 0 Å². The fourth-order valence-corrected chi connectivity index (χ4v) is 1.75. The largest absolute Gasteiger partial charge is 0.325 e. The van der Waals surface area contributed by atoms with Crippen molar-refractivity contribution in [1.82, 2.24) is 10.2 Å². The second-order valence-corrected chi connectivity index (χ2v) is 4.50. The van der Waals surface area contributed by atoms with Gasteiger partial charge in [0.05, 0.1) is 0 Å². The van der Waals surface area contributed by atoms with Crippen molar-refractivity contribution in [2.75, 3.05) is 13.1 Å². The molecule has 3 nitrogen and oxygen atoms in total. The van der Waals surface area contributed by atoms with Crippen LogP contribution in [0, 0.1) is 0 Å². The molecular formula is C11H19BN2O. The Balaban J connectivity index is 2.50. The molecule has 82 valence electrons. The third-order valence-electron chi connectivity index (χ3n) is 3.21. The highest BCUT2D eigenvalue weighted by atomic mass is 16.2. The zero-order valence-corrected chi connectivity index (χ0v) is 9.68. The van der Waals surface area contributed by atoms with Crippen LogP contribution < -0.4 is 5.32 Å². The van der Waals surface area contributed by atoms with Crippen LogP contribution in [0.5, 0.6) is 0 Å². The summed E-state index contributed by atoms with van der Waals surface area (Å²) in [4.78, 5) is 13.6. The molecule has 15 heavy (non-hydrogen) atoms. The fraction of sp³-hybridized carbons (Fsp3) is 0.545.